The van der Waals surface area contributed by atoms with Crippen molar-refractivity contribution in [3.05, 3.63) is 0 Å². The van der Waals surface area contributed by atoms with Gasteiger partial charge in [0.1, 0.15) is 6.04 Å². The Kier molecular flexibility index (Phi) is 5.94. The molecule has 0 rings (SSSR count). The van der Waals surface area contributed by atoms with Gasteiger partial charge in [0.15, 0.2) is 0 Å². The summed E-state index contributed by atoms with van der Waals surface area (Å²) in [4.78, 5) is 21.9. The molecule has 2 atom stereocenters. The van der Waals surface area contributed by atoms with Crippen LogP contribution in [0.15, 0.2) is 0 Å². The summed E-state index contributed by atoms with van der Waals surface area (Å²) < 4.78 is 40.3. The van der Waals surface area contributed by atoms with E-state index in [1.807, 2.05) is 0 Å². The fraction of sp³-hybridized carbons (Fsp3) is 0.778. The number of carbonyl (C=O) groups excluding carboxylic acids is 2. The van der Waals surface area contributed by atoms with Gasteiger partial charge in [0.2, 0.25) is 0 Å². The number of hydrogen-bond donors (Lipinski definition) is 2. The van der Waals surface area contributed by atoms with Crippen LogP contribution in [0.3, 0.4) is 0 Å². The predicted octanol–water partition coefficient (Wildman–Crippen LogP) is 0.225. The first-order chi connectivity index (χ1) is 7.73. The minimum absolute atomic E-state index is 0.0674. The van der Waals surface area contributed by atoms with Crippen LogP contribution in [0.5, 0.6) is 0 Å². The van der Waals surface area contributed by atoms with Gasteiger partial charge in [-0.25, -0.2) is 4.79 Å². The number of methoxy groups -OCH3 is 1. The average molecular weight is 257 g/mol. The number of halogens is 3. The maximum Gasteiger partial charge on any atom is 0.471 e. The molecule has 0 unspecified atom stereocenters. The highest BCUT2D eigenvalue weighted by atomic mass is 19.4. The molecule has 0 aliphatic rings. The van der Waals surface area contributed by atoms with Crippen LogP contribution in [0.4, 0.5) is 13.2 Å². The van der Waals surface area contributed by atoms with Crippen LogP contribution in [0, 0.1) is 5.92 Å². The third kappa shape index (κ3) is 5.03. The van der Waals surface area contributed by atoms with Gasteiger partial charge in [0.25, 0.3) is 0 Å². The fourth-order valence-corrected chi connectivity index (χ4v) is 1.15. The highest BCUT2D eigenvalue weighted by Gasteiger charge is 2.42. The molecule has 17 heavy (non-hydrogen) atoms. The van der Waals surface area contributed by atoms with Crippen LogP contribution < -0.4 is 5.32 Å². The molecule has 0 spiro atoms. The minimum Gasteiger partial charge on any atom is -0.467 e. The monoisotopic (exact) mass is 257 g/mol. The third-order valence-electron chi connectivity index (χ3n) is 2.15. The molecule has 5 nitrogen and oxygen atoms in total. The molecule has 0 aromatic heterocycles. The van der Waals surface area contributed by atoms with Crippen molar-refractivity contribution in [1.82, 2.24) is 5.32 Å². The van der Waals surface area contributed by atoms with Gasteiger partial charge in [-0.1, -0.05) is 6.92 Å². The highest BCUT2D eigenvalue weighted by molar-refractivity contribution is 5.87. The zero-order valence-electron chi connectivity index (χ0n) is 9.37. The normalized spacial score (nSPS) is 14.9. The Hall–Kier alpha value is -1.31. The van der Waals surface area contributed by atoms with Crippen molar-refractivity contribution in [3.63, 3.8) is 0 Å². The third-order valence-corrected chi connectivity index (χ3v) is 2.15. The number of rotatable bonds is 5. The summed E-state index contributed by atoms with van der Waals surface area (Å²) in [5.41, 5.74) is 0. The van der Waals surface area contributed by atoms with Gasteiger partial charge in [0.05, 0.1) is 7.11 Å². The number of ether oxygens (including phenoxy) is 1. The van der Waals surface area contributed by atoms with E-state index in [4.69, 9.17) is 5.11 Å². The van der Waals surface area contributed by atoms with Gasteiger partial charge in [-0.15, -0.1) is 0 Å². The molecule has 1 amide bonds. The van der Waals surface area contributed by atoms with Crippen molar-refractivity contribution in [3.8, 4) is 0 Å². The van der Waals surface area contributed by atoms with Gasteiger partial charge in [-0.05, 0) is 12.3 Å². The van der Waals surface area contributed by atoms with Crippen LogP contribution >= 0.6 is 0 Å². The van der Waals surface area contributed by atoms with E-state index in [0.717, 1.165) is 7.11 Å². The molecule has 0 heterocycles. The van der Waals surface area contributed by atoms with Gasteiger partial charge in [0, 0.05) is 6.61 Å². The Morgan fingerprint density at radius 3 is 2.29 bits per heavy atom. The number of esters is 1. The maximum atomic E-state index is 12.0. The Morgan fingerprint density at radius 1 is 1.41 bits per heavy atom. The van der Waals surface area contributed by atoms with E-state index in [1.54, 1.807) is 5.32 Å². The van der Waals surface area contributed by atoms with Crippen molar-refractivity contribution in [1.29, 1.82) is 0 Å². The summed E-state index contributed by atoms with van der Waals surface area (Å²) in [5, 5.41) is 10.2. The largest absolute Gasteiger partial charge is 0.471 e. The molecule has 100 valence electrons. The van der Waals surface area contributed by atoms with Crippen molar-refractivity contribution in [2.45, 2.75) is 25.6 Å². The van der Waals surface area contributed by atoms with Crippen molar-refractivity contribution in [2.75, 3.05) is 13.7 Å². The molecule has 0 radical (unpaired) electrons. The fourth-order valence-electron chi connectivity index (χ4n) is 1.15. The van der Waals surface area contributed by atoms with E-state index in [-0.39, 0.29) is 13.0 Å². The molecule has 0 aromatic carbocycles. The van der Waals surface area contributed by atoms with E-state index in [1.165, 1.54) is 6.92 Å². The van der Waals surface area contributed by atoms with Crippen LogP contribution in [-0.4, -0.2) is 42.9 Å². The Balaban J connectivity index is 4.72. The van der Waals surface area contributed by atoms with E-state index < -0.39 is 30.0 Å². The number of aliphatic hydroxyl groups is 1. The number of amides is 1. The van der Waals surface area contributed by atoms with E-state index in [0.29, 0.717) is 0 Å². The van der Waals surface area contributed by atoms with Gasteiger partial charge < -0.3 is 15.2 Å². The highest BCUT2D eigenvalue weighted by Crippen LogP contribution is 2.17. The molecule has 0 saturated heterocycles. The van der Waals surface area contributed by atoms with Crippen LogP contribution in [-0.2, 0) is 14.3 Å². The van der Waals surface area contributed by atoms with Crippen molar-refractivity contribution < 1.29 is 32.6 Å². The summed E-state index contributed by atoms with van der Waals surface area (Å²) in [6.45, 7) is 1.12. The second kappa shape index (κ2) is 6.43. The first-order valence-corrected chi connectivity index (χ1v) is 4.80. The first-order valence-electron chi connectivity index (χ1n) is 4.80. The summed E-state index contributed by atoms with van der Waals surface area (Å²) in [5.74, 6) is -3.86. The molecule has 0 aliphatic heterocycles. The second-order valence-electron chi connectivity index (χ2n) is 3.46. The summed E-state index contributed by atoms with van der Waals surface area (Å²) in [6, 6.07) is -1.43. The Labute approximate surface area is 95.9 Å². The maximum absolute atomic E-state index is 12.0. The molecule has 0 fully saturated rings. The Morgan fingerprint density at radius 2 is 1.94 bits per heavy atom. The van der Waals surface area contributed by atoms with Gasteiger partial charge in [-0.3, -0.25) is 4.79 Å². The quantitative estimate of drug-likeness (QED) is 0.691. The summed E-state index contributed by atoms with van der Waals surface area (Å²) >= 11 is 0. The lowest BCUT2D eigenvalue weighted by molar-refractivity contribution is -0.176. The lowest BCUT2D eigenvalue weighted by Crippen LogP contribution is -2.50. The van der Waals surface area contributed by atoms with Crippen LogP contribution in [0.1, 0.15) is 13.3 Å². The first kappa shape index (κ1) is 15.7. The molecular formula is C9H14F3NO4. The lowest BCUT2D eigenvalue weighted by atomic mass is 9.98. The van der Waals surface area contributed by atoms with Gasteiger partial charge >= 0.3 is 18.1 Å². The lowest BCUT2D eigenvalue weighted by Gasteiger charge is -2.22. The van der Waals surface area contributed by atoms with Crippen molar-refractivity contribution in [2.24, 2.45) is 5.92 Å². The van der Waals surface area contributed by atoms with E-state index in [2.05, 4.69) is 4.74 Å². The standard InChI is InChI=1S/C9H14F3NO4/c1-5(3-4-14)6(7(15)17-2)13-8(16)9(10,11)12/h5-6,14H,3-4H2,1-2H3,(H,13,16)/t5-,6-/m0/s1. The number of nitrogens with one attached hydrogen (secondary N) is 1. The average Bonchev–Trinajstić information content (AvgIpc) is 2.23. The predicted molar refractivity (Wildman–Crippen MR) is 50.9 cm³/mol. The van der Waals surface area contributed by atoms with Crippen LogP contribution in [0.25, 0.3) is 0 Å². The van der Waals surface area contributed by atoms with Gasteiger partial charge in [-0.2, -0.15) is 13.2 Å². The summed E-state index contributed by atoms with van der Waals surface area (Å²) in [7, 11) is 1.00. The number of hydrogen-bond acceptors (Lipinski definition) is 4. The zero-order valence-corrected chi connectivity index (χ0v) is 9.37. The molecule has 8 heteroatoms. The second-order valence-corrected chi connectivity index (χ2v) is 3.46. The van der Waals surface area contributed by atoms with E-state index >= 15 is 0 Å². The molecule has 0 aliphatic carbocycles. The number of aliphatic hydroxyl groups excluding tert-OH is 1. The van der Waals surface area contributed by atoms with Crippen LogP contribution in [0.2, 0.25) is 0 Å². The molecular weight excluding hydrogens is 243 g/mol. The number of carbonyl (C=O) groups is 2. The topological polar surface area (TPSA) is 75.6 Å². The SMILES string of the molecule is COC(=O)[C@@H](NC(=O)C(F)(F)F)[C@@H](C)CCO. The molecule has 0 saturated carbocycles. The number of alkyl halides is 3. The summed E-state index contributed by atoms with van der Waals surface area (Å²) in [6.07, 6.45) is -5.00. The van der Waals surface area contributed by atoms with Crippen molar-refractivity contribution >= 4 is 11.9 Å². The molecule has 0 bridgehead atoms. The Bertz CT molecular complexity index is 280. The zero-order chi connectivity index (χ0) is 13.6. The van der Waals surface area contributed by atoms with E-state index in [9.17, 15) is 22.8 Å². The molecule has 2 N–H and O–H groups in total. The smallest absolute Gasteiger partial charge is 0.467 e. The molecule has 0 aromatic rings. The minimum atomic E-state index is -5.06.